The van der Waals surface area contributed by atoms with Crippen LogP contribution >= 0.6 is 39.1 Å². The Bertz CT molecular complexity index is 641. The summed E-state index contributed by atoms with van der Waals surface area (Å²) >= 11 is 15.0. The molecule has 0 saturated heterocycles. The summed E-state index contributed by atoms with van der Waals surface area (Å²) in [5.74, 6) is 0.0112. The number of benzene rings is 2. The molecule has 2 aromatic rings. The predicted octanol–water partition coefficient (Wildman–Crippen LogP) is 5.28. The monoisotopic (exact) mass is 358 g/mol. The number of hydrogen-bond donors (Lipinski definition) is 0. The third-order valence-corrected chi connectivity index (χ3v) is 4.12. The van der Waals surface area contributed by atoms with Crippen molar-refractivity contribution in [2.75, 3.05) is 0 Å². The number of carbonyl (C=O) groups is 1. The van der Waals surface area contributed by atoms with E-state index >= 15 is 0 Å². The van der Waals surface area contributed by atoms with Gasteiger partial charge in [-0.05, 0) is 48.9 Å². The van der Waals surface area contributed by atoms with E-state index in [1.807, 2.05) is 13.0 Å². The van der Waals surface area contributed by atoms with Crippen molar-refractivity contribution in [2.45, 2.75) is 6.92 Å². The summed E-state index contributed by atoms with van der Waals surface area (Å²) in [5, 5.41) is 0.723. The molecule has 0 bridgehead atoms. The summed E-state index contributed by atoms with van der Waals surface area (Å²) in [5.41, 5.74) is 1.34. The second-order valence-electron chi connectivity index (χ2n) is 3.93. The number of rotatable bonds is 2. The van der Waals surface area contributed by atoms with Gasteiger partial charge >= 0.3 is 5.97 Å². The average molecular weight is 360 g/mol. The molecule has 0 spiro atoms. The quantitative estimate of drug-likeness (QED) is 0.538. The van der Waals surface area contributed by atoms with Crippen LogP contribution in [0.15, 0.2) is 40.9 Å². The van der Waals surface area contributed by atoms with Gasteiger partial charge in [-0.1, -0.05) is 39.1 Å². The zero-order valence-corrected chi connectivity index (χ0v) is 13.0. The smallest absolute Gasteiger partial charge is 0.343 e. The van der Waals surface area contributed by atoms with E-state index in [9.17, 15) is 4.79 Å². The molecule has 0 radical (unpaired) electrons. The Hall–Kier alpha value is -1.03. The summed E-state index contributed by atoms with van der Waals surface area (Å²) < 4.78 is 6.23. The second kappa shape index (κ2) is 5.95. The van der Waals surface area contributed by atoms with Gasteiger partial charge in [-0.25, -0.2) is 4.79 Å². The Balaban J connectivity index is 2.20. The lowest BCUT2D eigenvalue weighted by Crippen LogP contribution is -2.08. The molecule has 0 atom stereocenters. The molecule has 0 aromatic heterocycles. The summed E-state index contributed by atoms with van der Waals surface area (Å²) in [4.78, 5) is 11.9. The van der Waals surface area contributed by atoms with Crippen molar-refractivity contribution in [2.24, 2.45) is 0 Å². The van der Waals surface area contributed by atoms with Crippen molar-refractivity contribution >= 4 is 45.1 Å². The highest BCUT2D eigenvalue weighted by atomic mass is 79.9. The average Bonchev–Trinajstić information content (AvgIpc) is 2.37. The first kappa shape index (κ1) is 14.4. The van der Waals surface area contributed by atoms with Crippen LogP contribution in [0.5, 0.6) is 5.75 Å². The van der Waals surface area contributed by atoms with Gasteiger partial charge in [-0.15, -0.1) is 0 Å². The lowest BCUT2D eigenvalue weighted by molar-refractivity contribution is 0.0734. The highest BCUT2D eigenvalue weighted by Gasteiger charge is 2.11. The molecule has 0 aliphatic heterocycles. The summed E-state index contributed by atoms with van der Waals surface area (Å²) in [6.45, 7) is 1.92. The summed E-state index contributed by atoms with van der Waals surface area (Å²) in [6, 6.07) is 9.94. The van der Waals surface area contributed by atoms with Gasteiger partial charge in [-0.2, -0.15) is 0 Å². The van der Waals surface area contributed by atoms with Gasteiger partial charge in [0.2, 0.25) is 0 Å². The topological polar surface area (TPSA) is 26.3 Å². The normalized spacial score (nSPS) is 10.3. The number of esters is 1. The van der Waals surface area contributed by atoms with Crippen LogP contribution in [0.1, 0.15) is 15.9 Å². The molecule has 0 amide bonds. The van der Waals surface area contributed by atoms with Gasteiger partial charge in [0.25, 0.3) is 0 Å². The molecule has 0 heterocycles. The van der Waals surface area contributed by atoms with Gasteiger partial charge in [0.15, 0.2) is 0 Å². The highest BCUT2D eigenvalue weighted by molar-refractivity contribution is 9.10. The zero-order valence-electron chi connectivity index (χ0n) is 9.91. The molecule has 0 aliphatic rings. The summed E-state index contributed by atoms with van der Waals surface area (Å²) in [7, 11) is 0. The molecule has 98 valence electrons. The van der Waals surface area contributed by atoms with Crippen molar-refractivity contribution in [1.82, 2.24) is 0 Å². The van der Waals surface area contributed by atoms with E-state index < -0.39 is 5.97 Å². The molecule has 2 rings (SSSR count). The first-order valence-corrected chi connectivity index (χ1v) is 6.95. The van der Waals surface area contributed by atoms with Crippen LogP contribution in [0.25, 0.3) is 0 Å². The fraction of sp³-hybridized carbons (Fsp3) is 0.0714. The zero-order chi connectivity index (χ0) is 14.0. The minimum Gasteiger partial charge on any atom is -0.423 e. The predicted molar refractivity (Wildman–Crippen MR) is 80.3 cm³/mol. The second-order valence-corrected chi connectivity index (χ2v) is 5.60. The number of aryl methyl sites for hydroxylation is 1. The van der Waals surface area contributed by atoms with Crippen LogP contribution < -0.4 is 4.74 Å². The molecule has 0 fully saturated rings. The lowest BCUT2D eigenvalue weighted by Gasteiger charge is -2.06. The fourth-order valence-corrected chi connectivity index (χ4v) is 2.01. The van der Waals surface area contributed by atoms with Crippen LogP contribution in [-0.4, -0.2) is 5.97 Å². The van der Waals surface area contributed by atoms with Crippen LogP contribution in [0.2, 0.25) is 10.0 Å². The maximum absolute atomic E-state index is 11.9. The Morgan fingerprint density at radius 1 is 1.11 bits per heavy atom. The SMILES string of the molecule is Cc1cc(OC(=O)c2ccc(Cl)c(Cl)c2)ccc1Br. The Morgan fingerprint density at radius 3 is 2.47 bits per heavy atom. The van der Waals surface area contributed by atoms with Gasteiger partial charge < -0.3 is 4.74 Å². The molecule has 2 aromatic carbocycles. The number of carbonyl (C=O) groups excluding carboxylic acids is 1. The van der Waals surface area contributed by atoms with Gasteiger partial charge in [0, 0.05) is 4.47 Å². The molecule has 0 aliphatic carbocycles. The van der Waals surface area contributed by atoms with Crippen LogP contribution in [-0.2, 0) is 0 Å². The first-order chi connectivity index (χ1) is 8.97. The fourth-order valence-electron chi connectivity index (χ4n) is 1.47. The van der Waals surface area contributed by atoms with Crippen LogP contribution in [0.3, 0.4) is 0 Å². The third kappa shape index (κ3) is 3.50. The highest BCUT2D eigenvalue weighted by Crippen LogP contribution is 2.25. The van der Waals surface area contributed by atoms with Crippen LogP contribution in [0, 0.1) is 6.92 Å². The molecule has 5 heteroatoms. The van der Waals surface area contributed by atoms with Gasteiger partial charge in [0.1, 0.15) is 5.75 Å². The van der Waals surface area contributed by atoms with Crippen molar-refractivity contribution < 1.29 is 9.53 Å². The molecule has 0 unspecified atom stereocenters. The van der Waals surface area contributed by atoms with E-state index in [4.69, 9.17) is 27.9 Å². The van der Waals surface area contributed by atoms with E-state index in [0.717, 1.165) is 10.0 Å². The number of ether oxygens (including phenoxy) is 1. The molecule has 0 N–H and O–H groups in total. The van der Waals surface area contributed by atoms with E-state index in [1.54, 1.807) is 24.3 Å². The standard InChI is InChI=1S/C14H9BrCl2O2/c1-8-6-10(3-4-11(8)15)19-14(18)9-2-5-12(16)13(17)7-9/h2-7H,1H3. The Labute approximate surface area is 129 Å². The van der Waals surface area contributed by atoms with E-state index in [-0.39, 0.29) is 0 Å². The molecule has 19 heavy (non-hydrogen) atoms. The molecular weight excluding hydrogens is 351 g/mol. The molecular formula is C14H9BrCl2O2. The summed E-state index contributed by atoms with van der Waals surface area (Å²) in [6.07, 6.45) is 0. The minimum absolute atomic E-state index is 0.322. The molecule has 0 saturated carbocycles. The largest absolute Gasteiger partial charge is 0.423 e. The van der Waals surface area contributed by atoms with E-state index in [0.29, 0.717) is 21.4 Å². The van der Waals surface area contributed by atoms with E-state index in [1.165, 1.54) is 6.07 Å². The minimum atomic E-state index is -0.472. The van der Waals surface area contributed by atoms with Crippen LogP contribution in [0.4, 0.5) is 0 Å². The third-order valence-electron chi connectivity index (χ3n) is 2.50. The van der Waals surface area contributed by atoms with Crippen molar-refractivity contribution in [3.63, 3.8) is 0 Å². The van der Waals surface area contributed by atoms with Gasteiger partial charge in [-0.3, -0.25) is 0 Å². The maximum atomic E-state index is 11.9. The maximum Gasteiger partial charge on any atom is 0.343 e. The lowest BCUT2D eigenvalue weighted by atomic mass is 10.2. The first-order valence-electron chi connectivity index (χ1n) is 5.41. The van der Waals surface area contributed by atoms with Crippen molar-refractivity contribution in [1.29, 1.82) is 0 Å². The van der Waals surface area contributed by atoms with Gasteiger partial charge in [0.05, 0.1) is 15.6 Å². The van der Waals surface area contributed by atoms with Crippen molar-refractivity contribution in [3.8, 4) is 5.75 Å². The van der Waals surface area contributed by atoms with Crippen molar-refractivity contribution in [3.05, 3.63) is 62.0 Å². The Morgan fingerprint density at radius 2 is 1.84 bits per heavy atom. The number of halogens is 3. The van der Waals surface area contributed by atoms with E-state index in [2.05, 4.69) is 15.9 Å². The Kier molecular flexibility index (Phi) is 4.50. The molecule has 2 nitrogen and oxygen atoms in total. The number of hydrogen-bond acceptors (Lipinski definition) is 2.